The zero-order valence-corrected chi connectivity index (χ0v) is 9.16. The van der Waals surface area contributed by atoms with Gasteiger partial charge >= 0.3 is 0 Å². The van der Waals surface area contributed by atoms with E-state index in [0.29, 0.717) is 5.92 Å². The van der Waals surface area contributed by atoms with Gasteiger partial charge in [-0.2, -0.15) is 0 Å². The first-order chi connectivity index (χ1) is 6.72. The Labute approximate surface area is 86.8 Å². The largest absolute Gasteiger partial charge is 0.396 e. The molecule has 1 heteroatoms. The molecule has 0 spiro atoms. The molecule has 1 N–H and O–H groups in total. The van der Waals surface area contributed by atoms with Gasteiger partial charge in [0.15, 0.2) is 0 Å². The van der Waals surface area contributed by atoms with Gasteiger partial charge in [0.05, 0.1) is 0 Å². The summed E-state index contributed by atoms with van der Waals surface area (Å²) in [6.45, 7) is 4.76. The molecule has 0 heterocycles. The molecule has 0 saturated heterocycles. The Balaban J connectivity index is 2.59. The standard InChI is InChI=1S/C13H20O/c1-11(2)9-13-6-3-5-12(10-13)7-4-8-14/h3,5-6,10-11,14H,4,7-9H2,1-2H3. The third-order valence-corrected chi connectivity index (χ3v) is 2.26. The topological polar surface area (TPSA) is 20.2 Å². The van der Waals surface area contributed by atoms with Crippen LogP contribution in [0, 0.1) is 5.92 Å². The highest BCUT2D eigenvalue weighted by atomic mass is 16.2. The third-order valence-electron chi connectivity index (χ3n) is 2.26. The fourth-order valence-electron chi connectivity index (χ4n) is 1.67. The highest BCUT2D eigenvalue weighted by Crippen LogP contribution is 2.11. The molecule has 0 atom stereocenters. The zero-order chi connectivity index (χ0) is 10.4. The van der Waals surface area contributed by atoms with Gasteiger partial charge in [0.1, 0.15) is 0 Å². The van der Waals surface area contributed by atoms with E-state index in [1.165, 1.54) is 11.1 Å². The summed E-state index contributed by atoms with van der Waals surface area (Å²) in [5.41, 5.74) is 2.76. The summed E-state index contributed by atoms with van der Waals surface area (Å²) in [5, 5.41) is 8.74. The van der Waals surface area contributed by atoms with Crippen molar-refractivity contribution < 1.29 is 5.11 Å². The highest BCUT2D eigenvalue weighted by Gasteiger charge is 1.99. The van der Waals surface area contributed by atoms with Gasteiger partial charge in [0.25, 0.3) is 0 Å². The Morgan fingerprint density at radius 2 is 1.93 bits per heavy atom. The predicted octanol–water partition coefficient (Wildman–Crippen LogP) is 2.81. The maximum atomic E-state index is 8.74. The minimum atomic E-state index is 0.286. The van der Waals surface area contributed by atoms with E-state index in [4.69, 9.17) is 5.11 Å². The van der Waals surface area contributed by atoms with Crippen molar-refractivity contribution in [2.45, 2.75) is 33.1 Å². The van der Waals surface area contributed by atoms with Gasteiger partial charge in [-0.3, -0.25) is 0 Å². The lowest BCUT2D eigenvalue weighted by atomic mass is 9.99. The molecule has 0 aromatic heterocycles. The molecule has 78 valence electrons. The van der Waals surface area contributed by atoms with E-state index >= 15 is 0 Å². The molecule has 1 aromatic rings. The third kappa shape index (κ3) is 3.93. The van der Waals surface area contributed by atoms with Gasteiger partial charge in [-0.1, -0.05) is 38.1 Å². The molecule has 0 bridgehead atoms. The summed E-state index contributed by atoms with van der Waals surface area (Å²) in [6, 6.07) is 8.70. The van der Waals surface area contributed by atoms with E-state index in [9.17, 15) is 0 Å². The van der Waals surface area contributed by atoms with Gasteiger partial charge in [0, 0.05) is 6.61 Å². The van der Waals surface area contributed by atoms with Crippen molar-refractivity contribution in [3.8, 4) is 0 Å². The van der Waals surface area contributed by atoms with Crippen LogP contribution in [0.15, 0.2) is 24.3 Å². The van der Waals surface area contributed by atoms with Crippen LogP contribution in [0.3, 0.4) is 0 Å². The first kappa shape index (κ1) is 11.3. The first-order valence-electron chi connectivity index (χ1n) is 5.41. The molecular weight excluding hydrogens is 172 g/mol. The van der Waals surface area contributed by atoms with Crippen molar-refractivity contribution in [1.29, 1.82) is 0 Å². The minimum absolute atomic E-state index is 0.286. The van der Waals surface area contributed by atoms with Crippen molar-refractivity contribution in [3.05, 3.63) is 35.4 Å². The zero-order valence-electron chi connectivity index (χ0n) is 9.16. The fraction of sp³-hybridized carbons (Fsp3) is 0.538. The summed E-state index contributed by atoms with van der Waals surface area (Å²) in [6.07, 6.45) is 3.00. The van der Waals surface area contributed by atoms with Crippen molar-refractivity contribution >= 4 is 0 Å². The minimum Gasteiger partial charge on any atom is -0.396 e. The monoisotopic (exact) mass is 192 g/mol. The smallest absolute Gasteiger partial charge is 0.0434 e. The Bertz CT molecular complexity index is 266. The normalized spacial score (nSPS) is 10.9. The number of aryl methyl sites for hydroxylation is 1. The molecule has 0 unspecified atom stereocenters. The van der Waals surface area contributed by atoms with Crippen molar-refractivity contribution in [1.82, 2.24) is 0 Å². The van der Waals surface area contributed by atoms with Crippen LogP contribution >= 0.6 is 0 Å². The Kier molecular flexibility index (Phi) is 4.68. The molecule has 14 heavy (non-hydrogen) atoms. The van der Waals surface area contributed by atoms with Gasteiger partial charge in [-0.15, -0.1) is 0 Å². The second kappa shape index (κ2) is 5.82. The average molecular weight is 192 g/mol. The van der Waals surface area contributed by atoms with Crippen LogP contribution in [0.4, 0.5) is 0 Å². The second-order valence-corrected chi connectivity index (χ2v) is 4.25. The van der Waals surface area contributed by atoms with Gasteiger partial charge in [-0.05, 0) is 36.3 Å². The van der Waals surface area contributed by atoms with Crippen LogP contribution in [0.25, 0.3) is 0 Å². The quantitative estimate of drug-likeness (QED) is 0.760. The molecule has 0 radical (unpaired) electrons. The summed E-state index contributed by atoms with van der Waals surface area (Å²) in [5.74, 6) is 0.711. The van der Waals surface area contributed by atoms with Crippen LogP contribution in [-0.4, -0.2) is 11.7 Å². The maximum absolute atomic E-state index is 8.74. The molecular formula is C13H20O. The molecule has 1 nitrogen and oxygen atoms in total. The van der Waals surface area contributed by atoms with Crippen LogP contribution in [0.2, 0.25) is 0 Å². The molecule has 0 aliphatic carbocycles. The van der Waals surface area contributed by atoms with E-state index in [1.807, 2.05) is 0 Å². The van der Waals surface area contributed by atoms with E-state index in [2.05, 4.69) is 38.1 Å². The number of aliphatic hydroxyl groups is 1. The molecule has 0 saturated carbocycles. The summed E-state index contributed by atoms with van der Waals surface area (Å²) in [4.78, 5) is 0. The van der Waals surface area contributed by atoms with Crippen LogP contribution in [0.1, 0.15) is 31.4 Å². The number of hydrogen-bond donors (Lipinski definition) is 1. The first-order valence-corrected chi connectivity index (χ1v) is 5.41. The summed E-state index contributed by atoms with van der Waals surface area (Å²) >= 11 is 0. The maximum Gasteiger partial charge on any atom is 0.0434 e. The molecule has 0 aliphatic rings. The molecule has 1 aromatic carbocycles. The average Bonchev–Trinajstić information content (AvgIpc) is 2.14. The van der Waals surface area contributed by atoms with Gasteiger partial charge in [0.2, 0.25) is 0 Å². The Morgan fingerprint density at radius 1 is 1.21 bits per heavy atom. The number of aliphatic hydroxyl groups excluding tert-OH is 1. The molecule has 0 aliphatic heterocycles. The van der Waals surface area contributed by atoms with E-state index < -0.39 is 0 Å². The van der Waals surface area contributed by atoms with Crippen LogP contribution in [0.5, 0.6) is 0 Å². The number of benzene rings is 1. The Hall–Kier alpha value is -0.820. The van der Waals surface area contributed by atoms with Crippen LogP contribution in [-0.2, 0) is 12.8 Å². The van der Waals surface area contributed by atoms with Gasteiger partial charge in [-0.25, -0.2) is 0 Å². The van der Waals surface area contributed by atoms with Crippen molar-refractivity contribution in [3.63, 3.8) is 0 Å². The van der Waals surface area contributed by atoms with E-state index in [-0.39, 0.29) is 6.61 Å². The lowest BCUT2D eigenvalue weighted by Gasteiger charge is -2.07. The number of hydrogen-bond acceptors (Lipinski definition) is 1. The lowest BCUT2D eigenvalue weighted by Crippen LogP contribution is -1.96. The van der Waals surface area contributed by atoms with E-state index in [1.54, 1.807) is 0 Å². The fourth-order valence-corrected chi connectivity index (χ4v) is 1.67. The Morgan fingerprint density at radius 3 is 2.57 bits per heavy atom. The predicted molar refractivity (Wildman–Crippen MR) is 60.4 cm³/mol. The second-order valence-electron chi connectivity index (χ2n) is 4.25. The molecule has 0 amide bonds. The van der Waals surface area contributed by atoms with Gasteiger partial charge < -0.3 is 5.11 Å². The summed E-state index contributed by atoms with van der Waals surface area (Å²) in [7, 11) is 0. The highest BCUT2D eigenvalue weighted by molar-refractivity contribution is 5.23. The SMILES string of the molecule is CC(C)Cc1cccc(CCCO)c1. The lowest BCUT2D eigenvalue weighted by molar-refractivity contribution is 0.288. The van der Waals surface area contributed by atoms with Crippen LogP contribution < -0.4 is 0 Å². The number of rotatable bonds is 5. The van der Waals surface area contributed by atoms with E-state index in [0.717, 1.165) is 19.3 Å². The molecule has 1 rings (SSSR count). The molecule has 0 fully saturated rings. The van der Waals surface area contributed by atoms with Crippen molar-refractivity contribution in [2.75, 3.05) is 6.61 Å². The summed E-state index contributed by atoms with van der Waals surface area (Å²) < 4.78 is 0. The van der Waals surface area contributed by atoms with Crippen molar-refractivity contribution in [2.24, 2.45) is 5.92 Å².